The number of amides is 1. The topological polar surface area (TPSA) is 66.8 Å². The van der Waals surface area contributed by atoms with Gasteiger partial charge in [0.1, 0.15) is 0 Å². The molecule has 1 N–H and O–H groups in total. The molecule has 0 atom stereocenters. The van der Waals surface area contributed by atoms with Gasteiger partial charge in [0.2, 0.25) is 5.91 Å². The smallest absolute Gasteiger partial charge is 0.310 e. The van der Waals surface area contributed by atoms with E-state index in [-0.39, 0.29) is 12.3 Å². The third kappa shape index (κ3) is 2.83. The Morgan fingerprint density at radius 3 is 2.50 bits per heavy atom. The summed E-state index contributed by atoms with van der Waals surface area (Å²) >= 11 is 0. The second-order valence-electron chi connectivity index (χ2n) is 5.32. The Hall–Kier alpha value is -1.10. The second-order valence-corrected chi connectivity index (χ2v) is 5.32. The highest BCUT2D eigenvalue weighted by atomic mass is 16.5. The van der Waals surface area contributed by atoms with E-state index in [1.807, 2.05) is 0 Å². The van der Waals surface area contributed by atoms with E-state index in [1.54, 1.807) is 4.90 Å². The molecule has 1 saturated carbocycles. The van der Waals surface area contributed by atoms with Gasteiger partial charge in [-0.2, -0.15) is 0 Å². The molecule has 5 nitrogen and oxygen atoms in total. The fraction of sp³-hybridized carbons (Fsp3) is 0.846. The maximum Gasteiger partial charge on any atom is 0.310 e. The van der Waals surface area contributed by atoms with Gasteiger partial charge in [0, 0.05) is 26.1 Å². The fourth-order valence-electron chi connectivity index (χ4n) is 2.91. The number of ether oxygens (including phenoxy) is 1. The number of carbonyl (C=O) groups is 2. The molecule has 2 aliphatic rings. The lowest BCUT2D eigenvalue weighted by Crippen LogP contribution is -2.39. The molecule has 5 heteroatoms. The number of rotatable bonds is 3. The Morgan fingerprint density at radius 2 is 1.83 bits per heavy atom. The van der Waals surface area contributed by atoms with Gasteiger partial charge in [0.05, 0.1) is 12.0 Å². The highest BCUT2D eigenvalue weighted by Crippen LogP contribution is 2.41. The first-order chi connectivity index (χ1) is 8.64. The zero-order valence-corrected chi connectivity index (χ0v) is 10.7. The maximum absolute atomic E-state index is 12.2. The van der Waals surface area contributed by atoms with Gasteiger partial charge in [-0.25, -0.2) is 0 Å². The van der Waals surface area contributed by atoms with Gasteiger partial charge in [-0.1, -0.05) is 12.8 Å². The summed E-state index contributed by atoms with van der Waals surface area (Å²) in [6, 6.07) is 0. The predicted molar refractivity (Wildman–Crippen MR) is 65.2 cm³/mol. The molecule has 1 aliphatic heterocycles. The van der Waals surface area contributed by atoms with Gasteiger partial charge in [-0.3, -0.25) is 9.59 Å². The van der Waals surface area contributed by atoms with Crippen LogP contribution in [0.3, 0.4) is 0 Å². The molecule has 1 aliphatic carbocycles. The van der Waals surface area contributed by atoms with Crippen molar-refractivity contribution in [3.63, 3.8) is 0 Å². The SMILES string of the molecule is O=C(CC1(C(=O)O)CCCC1)N1CCCOCC1. The van der Waals surface area contributed by atoms with E-state index in [2.05, 4.69) is 0 Å². The van der Waals surface area contributed by atoms with Crippen molar-refractivity contribution in [1.82, 2.24) is 4.90 Å². The third-order valence-corrected chi connectivity index (χ3v) is 4.08. The Morgan fingerprint density at radius 1 is 1.11 bits per heavy atom. The van der Waals surface area contributed by atoms with E-state index in [0.717, 1.165) is 19.3 Å². The Balaban J connectivity index is 1.98. The standard InChI is InChI=1S/C13H21NO4/c15-11(14-6-3-8-18-9-7-14)10-13(12(16)17)4-1-2-5-13/h1-10H2,(H,16,17). The molecular weight excluding hydrogens is 234 g/mol. The summed E-state index contributed by atoms with van der Waals surface area (Å²) in [6.45, 7) is 2.53. The number of carboxylic acids is 1. The quantitative estimate of drug-likeness (QED) is 0.824. The average molecular weight is 255 g/mol. The lowest BCUT2D eigenvalue weighted by atomic mass is 9.82. The predicted octanol–water partition coefficient (Wildman–Crippen LogP) is 1.27. The van der Waals surface area contributed by atoms with E-state index in [4.69, 9.17) is 4.74 Å². The van der Waals surface area contributed by atoms with E-state index in [9.17, 15) is 14.7 Å². The highest BCUT2D eigenvalue weighted by Gasteiger charge is 2.43. The highest BCUT2D eigenvalue weighted by molar-refractivity contribution is 5.85. The normalized spacial score (nSPS) is 23.7. The van der Waals surface area contributed by atoms with Crippen molar-refractivity contribution in [2.45, 2.75) is 38.5 Å². The van der Waals surface area contributed by atoms with Crippen LogP contribution in [0.5, 0.6) is 0 Å². The van der Waals surface area contributed by atoms with Gasteiger partial charge in [0.15, 0.2) is 0 Å². The minimum absolute atomic E-state index is 0.0233. The number of carboxylic acid groups (broad SMARTS) is 1. The fourth-order valence-corrected chi connectivity index (χ4v) is 2.91. The first-order valence-electron chi connectivity index (χ1n) is 6.73. The zero-order valence-electron chi connectivity index (χ0n) is 10.7. The first-order valence-corrected chi connectivity index (χ1v) is 6.73. The van der Waals surface area contributed by atoms with Crippen LogP contribution in [0.25, 0.3) is 0 Å². The van der Waals surface area contributed by atoms with E-state index < -0.39 is 11.4 Å². The van der Waals surface area contributed by atoms with Crippen molar-refractivity contribution in [2.24, 2.45) is 5.41 Å². The molecule has 0 bridgehead atoms. The number of aliphatic carboxylic acids is 1. The van der Waals surface area contributed by atoms with E-state index in [1.165, 1.54) is 0 Å². The van der Waals surface area contributed by atoms with Crippen LogP contribution in [0.4, 0.5) is 0 Å². The molecule has 1 heterocycles. The molecule has 18 heavy (non-hydrogen) atoms. The van der Waals surface area contributed by atoms with Crippen LogP contribution in [-0.4, -0.2) is 48.2 Å². The number of carbonyl (C=O) groups excluding carboxylic acids is 1. The lowest BCUT2D eigenvalue weighted by molar-refractivity contribution is -0.153. The monoisotopic (exact) mass is 255 g/mol. The Kier molecular flexibility index (Phi) is 4.22. The van der Waals surface area contributed by atoms with Gasteiger partial charge in [-0.15, -0.1) is 0 Å². The molecule has 102 valence electrons. The van der Waals surface area contributed by atoms with Crippen molar-refractivity contribution >= 4 is 11.9 Å². The summed E-state index contributed by atoms with van der Waals surface area (Å²) < 4.78 is 5.31. The Labute approximate surface area is 107 Å². The van der Waals surface area contributed by atoms with Crippen LogP contribution in [0.1, 0.15) is 38.5 Å². The molecule has 2 fully saturated rings. The van der Waals surface area contributed by atoms with Crippen molar-refractivity contribution < 1.29 is 19.4 Å². The first kappa shape index (κ1) is 13.3. The van der Waals surface area contributed by atoms with Crippen LogP contribution in [0.15, 0.2) is 0 Å². The number of nitrogens with zero attached hydrogens (tertiary/aromatic N) is 1. The van der Waals surface area contributed by atoms with E-state index in [0.29, 0.717) is 39.1 Å². The number of hydrogen-bond acceptors (Lipinski definition) is 3. The molecule has 1 saturated heterocycles. The third-order valence-electron chi connectivity index (χ3n) is 4.08. The van der Waals surface area contributed by atoms with E-state index >= 15 is 0 Å². The second kappa shape index (κ2) is 5.69. The molecule has 0 aromatic heterocycles. The molecule has 0 unspecified atom stereocenters. The van der Waals surface area contributed by atoms with Crippen LogP contribution in [-0.2, 0) is 14.3 Å². The van der Waals surface area contributed by atoms with Crippen molar-refractivity contribution in [3.05, 3.63) is 0 Å². The zero-order chi connectivity index (χ0) is 13.0. The van der Waals surface area contributed by atoms with Gasteiger partial charge in [0.25, 0.3) is 0 Å². The number of hydrogen-bond donors (Lipinski definition) is 1. The minimum Gasteiger partial charge on any atom is -0.481 e. The summed E-state index contributed by atoms with van der Waals surface area (Å²) in [5, 5.41) is 9.37. The summed E-state index contributed by atoms with van der Waals surface area (Å²) in [5.41, 5.74) is -0.801. The summed E-state index contributed by atoms with van der Waals surface area (Å²) in [4.78, 5) is 25.4. The van der Waals surface area contributed by atoms with Crippen molar-refractivity contribution in [3.8, 4) is 0 Å². The maximum atomic E-state index is 12.2. The molecular formula is C13H21NO4. The van der Waals surface area contributed by atoms with Crippen LogP contribution in [0, 0.1) is 5.41 Å². The van der Waals surface area contributed by atoms with Crippen LogP contribution >= 0.6 is 0 Å². The van der Waals surface area contributed by atoms with Gasteiger partial charge in [-0.05, 0) is 19.3 Å². The molecule has 0 aromatic rings. The molecule has 0 aromatic carbocycles. The Bertz CT molecular complexity index is 315. The van der Waals surface area contributed by atoms with Crippen molar-refractivity contribution in [1.29, 1.82) is 0 Å². The largest absolute Gasteiger partial charge is 0.481 e. The summed E-state index contributed by atoms with van der Waals surface area (Å²) in [7, 11) is 0. The van der Waals surface area contributed by atoms with Gasteiger partial charge >= 0.3 is 5.97 Å². The summed E-state index contributed by atoms with van der Waals surface area (Å²) in [6.07, 6.45) is 4.11. The average Bonchev–Trinajstić information content (AvgIpc) is 2.65. The van der Waals surface area contributed by atoms with Gasteiger partial charge < -0.3 is 14.7 Å². The molecule has 1 amide bonds. The van der Waals surface area contributed by atoms with Crippen LogP contribution < -0.4 is 0 Å². The molecule has 0 radical (unpaired) electrons. The minimum atomic E-state index is -0.806. The van der Waals surface area contributed by atoms with Crippen molar-refractivity contribution in [2.75, 3.05) is 26.3 Å². The van der Waals surface area contributed by atoms with Crippen LogP contribution in [0.2, 0.25) is 0 Å². The lowest BCUT2D eigenvalue weighted by Gasteiger charge is -2.27. The summed E-state index contributed by atoms with van der Waals surface area (Å²) in [5.74, 6) is -0.829. The molecule has 2 rings (SSSR count). The molecule has 0 spiro atoms.